The molecule has 1 N–H and O–H groups in total. The molecule has 0 aliphatic carbocycles. The molecule has 3 rings (SSSR count). The molecule has 0 spiro atoms. The van der Waals surface area contributed by atoms with Crippen molar-refractivity contribution >= 4 is 15.8 Å². The molecule has 0 amide bonds. The van der Waals surface area contributed by atoms with Crippen molar-refractivity contribution in [2.45, 2.75) is 23.7 Å². The Hall–Kier alpha value is -1.25. The molecule has 2 fully saturated rings. The smallest absolute Gasteiger partial charge is 0.225 e. The minimum atomic E-state index is -3.32. The molecule has 23 heavy (non-hydrogen) atoms. The zero-order valence-corrected chi connectivity index (χ0v) is 14.6. The first-order chi connectivity index (χ1) is 10.9. The Morgan fingerprint density at radius 3 is 2.61 bits per heavy atom. The second-order valence-electron chi connectivity index (χ2n) is 6.53. The van der Waals surface area contributed by atoms with E-state index >= 15 is 0 Å². The van der Waals surface area contributed by atoms with Crippen LogP contribution in [0.3, 0.4) is 0 Å². The fraction of sp³-hybridized carbons (Fsp3) is 0.733. The highest BCUT2D eigenvalue weighted by Gasteiger charge is 2.26. The Bertz CT molecular complexity index is 650. The highest BCUT2D eigenvalue weighted by atomic mass is 32.2. The molecular weight excluding hydrogens is 314 g/mol. The minimum absolute atomic E-state index is 0.141. The molecule has 3 heterocycles. The van der Waals surface area contributed by atoms with E-state index in [2.05, 4.69) is 32.1 Å². The summed E-state index contributed by atoms with van der Waals surface area (Å²) in [6.07, 6.45) is 4.75. The summed E-state index contributed by atoms with van der Waals surface area (Å²) in [5, 5.41) is 3.34. The summed E-state index contributed by atoms with van der Waals surface area (Å²) in [5.74, 6) is 0.800. The third-order valence-corrected chi connectivity index (χ3v) is 5.75. The summed E-state index contributed by atoms with van der Waals surface area (Å²) in [5.41, 5.74) is 0.684. The van der Waals surface area contributed by atoms with Gasteiger partial charge in [0.25, 0.3) is 0 Å². The van der Waals surface area contributed by atoms with Gasteiger partial charge in [-0.1, -0.05) is 0 Å². The van der Waals surface area contributed by atoms with Crippen molar-refractivity contribution in [2.24, 2.45) is 0 Å². The summed E-state index contributed by atoms with van der Waals surface area (Å²) in [6, 6.07) is 0. The molecule has 0 unspecified atom stereocenters. The summed E-state index contributed by atoms with van der Waals surface area (Å²) < 4.78 is 24.2. The molecular formula is C15H25N5O2S. The third-order valence-electron chi connectivity index (χ3n) is 4.64. The average molecular weight is 339 g/mol. The first kappa shape index (κ1) is 16.6. The van der Waals surface area contributed by atoms with E-state index in [4.69, 9.17) is 0 Å². The van der Waals surface area contributed by atoms with Crippen LogP contribution in [0.15, 0.2) is 11.1 Å². The molecule has 1 atom stereocenters. The van der Waals surface area contributed by atoms with Gasteiger partial charge in [-0.25, -0.2) is 18.4 Å². The summed E-state index contributed by atoms with van der Waals surface area (Å²) in [6.45, 7) is 5.45. The largest absolute Gasteiger partial charge is 0.338 e. The zero-order chi connectivity index (χ0) is 16.4. The topological polar surface area (TPSA) is 78.4 Å². The van der Waals surface area contributed by atoms with E-state index in [0.717, 1.165) is 52.1 Å². The van der Waals surface area contributed by atoms with E-state index < -0.39 is 9.84 Å². The van der Waals surface area contributed by atoms with Gasteiger partial charge >= 0.3 is 0 Å². The van der Waals surface area contributed by atoms with Gasteiger partial charge in [0.2, 0.25) is 5.95 Å². The van der Waals surface area contributed by atoms with E-state index in [1.54, 1.807) is 0 Å². The third kappa shape index (κ3) is 3.81. The maximum absolute atomic E-state index is 12.1. The van der Waals surface area contributed by atoms with E-state index in [1.165, 1.54) is 12.5 Å². The van der Waals surface area contributed by atoms with Crippen molar-refractivity contribution in [3.8, 4) is 0 Å². The number of hydrogen-bond donors (Lipinski definition) is 1. The number of rotatable bonds is 3. The standard InChI is InChI=1S/C15H25N5O2S/c1-19-6-8-20(9-7-19)15-17-11-13(23(2,21)22)14(18-15)12-4-3-5-16-10-12/h11-12,16H,3-10H2,1-2H3/t12-/m1/s1. The molecule has 8 heteroatoms. The lowest BCUT2D eigenvalue weighted by Crippen LogP contribution is -2.45. The Labute approximate surface area is 138 Å². The van der Waals surface area contributed by atoms with Crippen LogP contribution in [-0.2, 0) is 9.84 Å². The number of aromatic nitrogens is 2. The van der Waals surface area contributed by atoms with Crippen LogP contribution in [0.25, 0.3) is 0 Å². The van der Waals surface area contributed by atoms with Crippen LogP contribution in [0.1, 0.15) is 24.5 Å². The van der Waals surface area contributed by atoms with Crippen molar-refractivity contribution in [1.82, 2.24) is 20.2 Å². The number of anilines is 1. The Morgan fingerprint density at radius 1 is 1.26 bits per heavy atom. The van der Waals surface area contributed by atoms with Gasteiger partial charge in [-0.2, -0.15) is 0 Å². The van der Waals surface area contributed by atoms with Crippen LogP contribution in [0.5, 0.6) is 0 Å². The van der Waals surface area contributed by atoms with Gasteiger partial charge < -0.3 is 15.1 Å². The van der Waals surface area contributed by atoms with Crippen molar-refractivity contribution in [1.29, 1.82) is 0 Å². The minimum Gasteiger partial charge on any atom is -0.338 e. The summed E-state index contributed by atoms with van der Waals surface area (Å²) >= 11 is 0. The molecule has 128 valence electrons. The molecule has 0 aromatic carbocycles. The van der Waals surface area contributed by atoms with Gasteiger partial charge in [-0.3, -0.25) is 0 Å². The van der Waals surface area contributed by atoms with Crippen molar-refractivity contribution in [3.63, 3.8) is 0 Å². The summed E-state index contributed by atoms with van der Waals surface area (Å²) in [7, 11) is -1.22. The first-order valence-electron chi connectivity index (χ1n) is 8.16. The van der Waals surface area contributed by atoms with Gasteiger partial charge in [0.1, 0.15) is 4.90 Å². The first-order valence-corrected chi connectivity index (χ1v) is 10.1. The van der Waals surface area contributed by atoms with Crippen LogP contribution >= 0.6 is 0 Å². The normalized spacial score (nSPS) is 23.9. The van der Waals surface area contributed by atoms with Crippen molar-refractivity contribution in [3.05, 3.63) is 11.9 Å². The predicted molar refractivity (Wildman–Crippen MR) is 89.7 cm³/mol. The maximum Gasteiger partial charge on any atom is 0.225 e. The number of piperazine rings is 1. The summed E-state index contributed by atoms with van der Waals surface area (Å²) in [4.78, 5) is 13.7. The number of nitrogens with zero attached hydrogens (tertiary/aromatic N) is 4. The van der Waals surface area contributed by atoms with Crippen molar-refractivity contribution < 1.29 is 8.42 Å². The van der Waals surface area contributed by atoms with E-state index in [9.17, 15) is 8.42 Å². The zero-order valence-electron chi connectivity index (χ0n) is 13.8. The van der Waals surface area contributed by atoms with Gasteiger partial charge in [0.05, 0.1) is 11.9 Å². The molecule has 1 aromatic heterocycles. The fourth-order valence-electron chi connectivity index (χ4n) is 3.20. The lowest BCUT2D eigenvalue weighted by Gasteiger charge is -2.33. The molecule has 2 aliphatic heterocycles. The Kier molecular flexibility index (Phi) is 4.84. The van der Waals surface area contributed by atoms with Gasteiger partial charge in [-0.15, -0.1) is 0 Å². The van der Waals surface area contributed by atoms with Crippen LogP contribution < -0.4 is 10.2 Å². The van der Waals surface area contributed by atoms with E-state index in [-0.39, 0.29) is 10.8 Å². The molecule has 0 bridgehead atoms. The van der Waals surface area contributed by atoms with Crippen LogP contribution in [-0.4, -0.2) is 75.9 Å². The van der Waals surface area contributed by atoms with Crippen molar-refractivity contribution in [2.75, 3.05) is 57.5 Å². The molecule has 2 saturated heterocycles. The van der Waals surface area contributed by atoms with Crippen LogP contribution in [0.4, 0.5) is 5.95 Å². The quantitative estimate of drug-likeness (QED) is 0.837. The van der Waals surface area contributed by atoms with E-state index in [0.29, 0.717) is 11.6 Å². The van der Waals surface area contributed by atoms with Crippen LogP contribution in [0.2, 0.25) is 0 Å². The lowest BCUT2D eigenvalue weighted by molar-refractivity contribution is 0.311. The number of sulfone groups is 1. The Morgan fingerprint density at radius 2 is 2.00 bits per heavy atom. The molecule has 0 saturated carbocycles. The molecule has 2 aliphatic rings. The SMILES string of the molecule is CN1CCN(c2ncc(S(C)(=O)=O)c([C@@H]3CCCNC3)n2)CC1. The van der Waals surface area contributed by atoms with Gasteiger partial charge in [0.15, 0.2) is 9.84 Å². The lowest BCUT2D eigenvalue weighted by atomic mass is 9.96. The predicted octanol–water partition coefficient (Wildman–Crippen LogP) is 0.0989. The van der Waals surface area contributed by atoms with Gasteiger partial charge in [-0.05, 0) is 26.4 Å². The van der Waals surface area contributed by atoms with Gasteiger partial charge in [0, 0.05) is 44.9 Å². The number of likely N-dealkylation sites (N-methyl/N-ethyl adjacent to an activating group) is 1. The second-order valence-corrected chi connectivity index (χ2v) is 8.51. The maximum atomic E-state index is 12.1. The van der Waals surface area contributed by atoms with E-state index in [1.807, 2.05) is 0 Å². The Balaban J connectivity index is 1.94. The second kappa shape index (κ2) is 6.70. The number of hydrogen-bond acceptors (Lipinski definition) is 7. The highest BCUT2D eigenvalue weighted by Crippen LogP contribution is 2.28. The molecule has 0 radical (unpaired) electrons. The fourth-order valence-corrected chi connectivity index (χ4v) is 4.03. The average Bonchev–Trinajstić information content (AvgIpc) is 2.55. The monoisotopic (exact) mass is 339 g/mol. The number of nitrogens with one attached hydrogen (secondary N) is 1. The molecule has 1 aromatic rings. The highest BCUT2D eigenvalue weighted by molar-refractivity contribution is 7.90. The molecule has 7 nitrogen and oxygen atoms in total. The number of piperidine rings is 1. The van der Waals surface area contributed by atoms with Crippen LogP contribution in [0, 0.1) is 0 Å².